The minimum Gasteiger partial charge on any atom is -0.353 e. The predicted molar refractivity (Wildman–Crippen MR) is 77.9 cm³/mol. The van der Waals surface area contributed by atoms with Gasteiger partial charge in [0.15, 0.2) is 0 Å². The smallest absolute Gasteiger partial charge is 0.242 e. The quantitative estimate of drug-likeness (QED) is 0.753. The Morgan fingerprint density at radius 3 is 2.43 bits per heavy atom. The molecule has 21 heavy (non-hydrogen) atoms. The maximum absolute atomic E-state index is 12.6. The number of piperazine rings is 1. The van der Waals surface area contributed by atoms with Gasteiger partial charge in [-0.05, 0) is 19.3 Å². The van der Waals surface area contributed by atoms with Gasteiger partial charge < -0.3 is 10.2 Å². The van der Waals surface area contributed by atoms with E-state index >= 15 is 0 Å². The molecule has 8 heteroatoms. The number of hydrogen-bond donors (Lipinski definition) is 1. The highest BCUT2D eigenvalue weighted by Crippen LogP contribution is 2.23. The van der Waals surface area contributed by atoms with Crippen LogP contribution in [0.25, 0.3) is 0 Å². The normalized spacial score (nSPS) is 25.7. The molecule has 1 atom stereocenters. The highest BCUT2D eigenvalue weighted by Gasteiger charge is 2.37. The first-order valence-corrected chi connectivity index (χ1v) is 9.22. The number of carbonyl (C=O) groups excluding carboxylic acids is 2. The maximum Gasteiger partial charge on any atom is 0.242 e. The summed E-state index contributed by atoms with van der Waals surface area (Å²) in [6.45, 7) is 3.68. The molecule has 2 aliphatic rings. The maximum atomic E-state index is 12.6. The van der Waals surface area contributed by atoms with Crippen molar-refractivity contribution >= 4 is 21.8 Å². The second-order valence-corrected chi connectivity index (χ2v) is 7.67. The number of rotatable bonds is 3. The number of nitrogens with zero attached hydrogens (tertiary/aromatic N) is 2. The number of piperidine rings is 1. The van der Waals surface area contributed by atoms with Gasteiger partial charge in [-0.3, -0.25) is 9.59 Å². The summed E-state index contributed by atoms with van der Waals surface area (Å²) in [5, 5.41) is 2.78. The molecule has 0 bridgehead atoms. The molecule has 0 aliphatic carbocycles. The molecule has 0 spiro atoms. The topological polar surface area (TPSA) is 86.8 Å². The molecule has 2 heterocycles. The van der Waals surface area contributed by atoms with Crippen LogP contribution in [0.1, 0.15) is 26.2 Å². The first-order valence-electron chi connectivity index (χ1n) is 7.38. The van der Waals surface area contributed by atoms with E-state index in [1.807, 2.05) is 6.92 Å². The van der Waals surface area contributed by atoms with E-state index in [4.69, 9.17) is 0 Å². The Hall–Kier alpha value is -1.15. The van der Waals surface area contributed by atoms with Crippen LogP contribution < -0.4 is 5.32 Å². The molecule has 0 saturated carbocycles. The summed E-state index contributed by atoms with van der Waals surface area (Å²) in [6.07, 6.45) is 2.85. The third-order valence-corrected chi connectivity index (χ3v) is 5.58. The van der Waals surface area contributed by atoms with Crippen molar-refractivity contribution < 1.29 is 18.0 Å². The first-order chi connectivity index (χ1) is 9.84. The van der Waals surface area contributed by atoms with Gasteiger partial charge >= 0.3 is 0 Å². The van der Waals surface area contributed by atoms with Crippen LogP contribution in [0, 0.1) is 5.92 Å². The molecule has 2 fully saturated rings. The Morgan fingerprint density at radius 1 is 1.29 bits per heavy atom. The summed E-state index contributed by atoms with van der Waals surface area (Å²) in [4.78, 5) is 26.1. The summed E-state index contributed by atoms with van der Waals surface area (Å²) in [6, 6.07) is -0.390. The molecular formula is C13H23N3O4S. The van der Waals surface area contributed by atoms with E-state index < -0.39 is 10.0 Å². The minimum atomic E-state index is -3.18. The minimum absolute atomic E-state index is 0.00940. The standard InChI is InChI=1S/C13H23N3O4S/c1-3-11-12(17)14-6-9-16(11)13(18)10-4-7-15(8-5-10)21(2,19)20/h10-11H,3-9H2,1-2H3,(H,14,17). The van der Waals surface area contributed by atoms with Crippen molar-refractivity contribution in [3.8, 4) is 0 Å². The number of carbonyl (C=O) groups is 2. The van der Waals surface area contributed by atoms with Gasteiger partial charge in [0.1, 0.15) is 6.04 Å². The Kier molecular flexibility index (Phi) is 4.88. The largest absolute Gasteiger partial charge is 0.353 e. The lowest BCUT2D eigenvalue weighted by Crippen LogP contribution is -2.58. The van der Waals surface area contributed by atoms with Crippen molar-refractivity contribution in [1.82, 2.24) is 14.5 Å². The molecule has 0 aromatic rings. The van der Waals surface area contributed by atoms with Crippen LogP contribution in [0.15, 0.2) is 0 Å². The summed E-state index contributed by atoms with van der Waals surface area (Å²) >= 11 is 0. The highest BCUT2D eigenvalue weighted by atomic mass is 32.2. The summed E-state index contributed by atoms with van der Waals surface area (Å²) in [5.74, 6) is -0.279. The zero-order valence-corrected chi connectivity index (χ0v) is 13.4. The Morgan fingerprint density at radius 2 is 1.90 bits per heavy atom. The summed E-state index contributed by atoms with van der Waals surface area (Å²) in [5.41, 5.74) is 0. The fraction of sp³-hybridized carbons (Fsp3) is 0.846. The van der Waals surface area contributed by atoms with Gasteiger partial charge in [0.05, 0.1) is 6.26 Å². The van der Waals surface area contributed by atoms with Gasteiger partial charge in [0.2, 0.25) is 21.8 Å². The zero-order valence-electron chi connectivity index (χ0n) is 12.5. The number of nitrogens with one attached hydrogen (secondary N) is 1. The van der Waals surface area contributed by atoms with Crippen molar-refractivity contribution in [1.29, 1.82) is 0 Å². The average molecular weight is 317 g/mol. The molecule has 1 unspecified atom stereocenters. The van der Waals surface area contributed by atoms with E-state index in [0.717, 1.165) is 0 Å². The number of sulfonamides is 1. The van der Waals surface area contributed by atoms with E-state index in [9.17, 15) is 18.0 Å². The van der Waals surface area contributed by atoms with Crippen molar-refractivity contribution in [3.63, 3.8) is 0 Å². The van der Waals surface area contributed by atoms with Gasteiger partial charge in [-0.1, -0.05) is 6.92 Å². The lowest BCUT2D eigenvalue weighted by Gasteiger charge is -2.38. The molecule has 1 N–H and O–H groups in total. The molecule has 120 valence electrons. The van der Waals surface area contributed by atoms with Crippen LogP contribution in [-0.2, 0) is 19.6 Å². The molecule has 0 radical (unpaired) electrons. The second kappa shape index (κ2) is 6.31. The molecule has 2 rings (SSSR count). The average Bonchev–Trinajstić information content (AvgIpc) is 2.45. The molecule has 0 aromatic carbocycles. The lowest BCUT2D eigenvalue weighted by atomic mass is 9.95. The van der Waals surface area contributed by atoms with E-state index in [1.54, 1.807) is 4.90 Å². The Balaban J connectivity index is 1.99. The van der Waals surface area contributed by atoms with E-state index in [-0.39, 0.29) is 23.8 Å². The van der Waals surface area contributed by atoms with Gasteiger partial charge in [-0.2, -0.15) is 0 Å². The van der Waals surface area contributed by atoms with Gasteiger partial charge in [0, 0.05) is 32.1 Å². The zero-order chi connectivity index (χ0) is 15.6. The summed E-state index contributed by atoms with van der Waals surface area (Å²) in [7, 11) is -3.18. The van der Waals surface area contributed by atoms with Crippen molar-refractivity contribution in [2.45, 2.75) is 32.2 Å². The van der Waals surface area contributed by atoms with Crippen LogP contribution in [-0.4, -0.2) is 67.9 Å². The molecule has 2 aliphatic heterocycles. The van der Waals surface area contributed by atoms with Crippen LogP contribution >= 0.6 is 0 Å². The third kappa shape index (κ3) is 3.55. The van der Waals surface area contributed by atoms with Gasteiger partial charge in [0.25, 0.3) is 0 Å². The van der Waals surface area contributed by atoms with Crippen molar-refractivity contribution in [2.24, 2.45) is 5.92 Å². The lowest BCUT2D eigenvalue weighted by molar-refractivity contribution is -0.147. The first kappa shape index (κ1) is 16.2. The van der Waals surface area contributed by atoms with Crippen molar-refractivity contribution in [3.05, 3.63) is 0 Å². The van der Waals surface area contributed by atoms with Gasteiger partial charge in [-0.25, -0.2) is 12.7 Å². The Bertz CT molecular complexity index is 512. The van der Waals surface area contributed by atoms with Crippen LogP contribution in [0.2, 0.25) is 0 Å². The molecule has 7 nitrogen and oxygen atoms in total. The molecule has 2 saturated heterocycles. The monoisotopic (exact) mass is 317 g/mol. The number of amides is 2. The fourth-order valence-corrected chi connectivity index (χ4v) is 3.93. The molecule has 0 aromatic heterocycles. The highest BCUT2D eigenvalue weighted by molar-refractivity contribution is 7.88. The summed E-state index contributed by atoms with van der Waals surface area (Å²) < 4.78 is 24.4. The van der Waals surface area contributed by atoms with E-state index in [0.29, 0.717) is 45.4 Å². The SMILES string of the molecule is CCC1C(=O)NCCN1C(=O)C1CCN(S(C)(=O)=O)CC1. The molecular weight excluding hydrogens is 294 g/mol. The second-order valence-electron chi connectivity index (χ2n) is 5.68. The van der Waals surface area contributed by atoms with Crippen LogP contribution in [0.3, 0.4) is 0 Å². The van der Waals surface area contributed by atoms with Gasteiger partial charge in [-0.15, -0.1) is 0 Å². The third-order valence-electron chi connectivity index (χ3n) is 4.27. The van der Waals surface area contributed by atoms with Crippen LogP contribution in [0.5, 0.6) is 0 Å². The number of hydrogen-bond acceptors (Lipinski definition) is 4. The van der Waals surface area contributed by atoms with E-state index in [2.05, 4.69) is 5.32 Å². The Labute approximate surface area is 125 Å². The van der Waals surface area contributed by atoms with E-state index in [1.165, 1.54) is 10.6 Å². The van der Waals surface area contributed by atoms with Crippen LogP contribution in [0.4, 0.5) is 0 Å². The fourth-order valence-electron chi connectivity index (χ4n) is 3.05. The predicted octanol–water partition coefficient (Wildman–Crippen LogP) is -0.605. The van der Waals surface area contributed by atoms with Crippen molar-refractivity contribution in [2.75, 3.05) is 32.4 Å². The molecule has 2 amide bonds.